The second-order valence-corrected chi connectivity index (χ2v) is 13.1. The van der Waals surface area contributed by atoms with E-state index in [1.807, 2.05) is 24.3 Å². The van der Waals surface area contributed by atoms with E-state index in [9.17, 15) is 20.1 Å². The molecule has 2 aromatic rings. The molecule has 1 spiro atoms. The Labute approximate surface area is 231 Å². The predicted molar refractivity (Wildman–Crippen MR) is 162 cm³/mol. The quantitative estimate of drug-likeness (QED) is 0.431. The maximum atomic E-state index is 10.9. The molecule has 4 N–H and O–H groups in total. The molecule has 2 aromatic carbocycles. The number of benzene rings is 2. The first-order chi connectivity index (χ1) is 18.2. The molecule has 0 bridgehead atoms. The molecule has 0 aromatic heterocycles. The summed E-state index contributed by atoms with van der Waals surface area (Å²) in [5, 5.41) is 41.5. The maximum Gasteiger partial charge on any atom is 0.488 e. The first-order valence-electron chi connectivity index (χ1n) is 13.6. The first-order valence-corrected chi connectivity index (χ1v) is 13.6. The minimum Gasteiger partial charge on any atom is -0.423 e. The van der Waals surface area contributed by atoms with Crippen LogP contribution in [0.15, 0.2) is 82.9 Å². The maximum absolute atomic E-state index is 10.9. The Balaban J connectivity index is 1.66. The van der Waals surface area contributed by atoms with Gasteiger partial charge in [-0.15, -0.1) is 0 Å². The fourth-order valence-electron chi connectivity index (χ4n) is 6.82. The topological polar surface area (TPSA) is 80.9 Å². The van der Waals surface area contributed by atoms with E-state index in [0.717, 1.165) is 50.1 Å². The van der Waals surface area contributed by atoms with E-state index in [4.69, 9.17) is 0 Å². The van der Waals surface area contributed by atoms with Crippen molar-refractivity contribution < 1.29 is 20.1 Å². The molecule has 0 saturated heterocycles. The summed E-state index contributed by atoms with van der Waals surface area (Å²) >= 11 is 0. The lowest BCUT2D eigenvalue weighted by atomic mass is 9.46. The van der Waals surface area contributed by atoms with Gasteiger partial charge in [-0.25, -0.2) is 0 Å². The largest absolute Gasteiger partial charge is 0.488 e. The molecule has 4 nitrogen and oxygen atoms in total. The summed E-state index contributed by atoms with van der Waals surface area (Å²) in [7, 11) is -3.23. The zero-order valence-electron chi connectivity index (χ0n) is 23.4. The van der Waals surface area contributed by atoms with Crippen molar-refractivity contribution in [3.63, 3.8) is 0 Å². The van der Waals surface area contributed by atoms with Crippen LogP contribution in [0.3, 0.4) is 0 Å². The minimum absolute atomic E-state index is 0.000107. The van der Waals surface area contributed by atoms with E-state index in [-0.39, 0.29) is 10.8 Å². The van der Waals surface area contributed by atoms with E-state index in [0.29, 0.717) is 10.9 Å². The normalized spacial score (nSPS) is 21.1. The summed E-state index contributed by atoms with van der Waals surface area (Å²) in [6.45, 7) is 13.1. The third-order valence-electron chi connectivity index (χ3n) is 8.63. The summed E-state index contributed by atoms with van der Waals surface area (Å²) in [4.78, 5) is 0. The number of hydrogen-bond acceptors (Lipinski definition) is 4. The first kappa shape index (κ1) is 26.1. The molecule has 1 atom stereocenters. The second kappa shape index (κ2) is 8.42. The van der Waals surface area contributed by atoms with Crippen molar-refractivity contribution in [1.82, 2.24) is 0 Å². The molecule has 0 heterocycles. The highest BCUT2D eigenvalue weighted by Gasteiger charge is 2.56. The lowest BCUT2D eigenvalue weighted by Gasteiger charge is -2.49. The van der Waals surface area contributed by atoms with Gasteiger partial charge < -0.3 is 20.1 Å². The Morgan fingerprint density at radius 3 is 1.72 bits per heavy atom. The van der Waals surface area contributed by atoms with Crippen LogP contribution in [0.4, 0.5) is 0 Å². The molecular weight excluding hydrogens is 482 g/mol. The van der Waals surface area contributed by atoms with Gasteiger partial charge in [-0.2, -0.15) is 0 Å². The third kappa shape index (κ3) is 3.70. The lowest BCUT2D eigenvalue weighted by molar-refractivity contribution is 0.384. The van der Waals surface area contributed by atoms with E-state index >= 15 is 0 Å². The van der Waals surface area contributed by atoms with Gasteiger partial charge in [-0.05, 0) is 89.6 Å². The molecule has 39 heavy (non-hydrogen) atoms. The van der Waals surface area contributed by atoms with E-state index in [1.54, 1.807) is 6.07 Å². The van der Waals surface area contributed by atoms with Crippen molar-refractivity contribution in [3.8, 4) is 0 Å². The minimum atomic E-state index is -1.66. The average molecular weight is 516 g/mol. The van der Waals surface area contributed by atoms with Crippen molar-refractivity contribution in [3.05, 3.63) is 111 Å². The summed E-state index contributed by atoms with van der Waals surface area (Å²) in [5.41, 5.74) is 10.4. The molecule has 0 fully saturated rings. The van der Waals surface area contributed by atoms with Crippen molar-refractivity contribution in [1.29, 1.82) is 0 Å². The van der Waals surface area contributed by atoms with Gasteiger partial charge in [0.25, 0.3) is 0 Å². The number of fused-ring (bicyclic) bond motifs is 8. The Bertz CT molecular complexity index is 1620. The molecule has 4 aliphatic rings. The van der Waals surface area contributed by atoms with Crippen molar-refractivity contribution >= 4 is 43.0 Å². The summed E-state index contributed by atoms with van der Waals surface area (Å²) in [6.07, 6.45) is 12.5. The van der Waals surface area contributed by atoms with Crippen LogP contribution in [0.5, 0.6) is 0 Å². The Morgan fingerprint density at radius 2 is 1.18 bits per heavy atom. The van der Waals surface area contributed by atoms with Gasteiger partial charge in [0.15, 0.2) is 0 Å². The van der Waals surface area contributed by atoms with Crippen molar-refractivity contribution in [2.24, 2.45) is 10.8 Å². The van der Waals surface area contributed by atoms with Crippen LogP contribution in [0.2, 0.25) is 0 Å². The molecule has 196 valence electrons. The highest BCUT2D eigenvalue weighted by atomic mass is 16.4. The van der Waals surface area contributed by atoms with E-state index < -0.39 is 19.7 Å². The second-order valence-electron chi connectivity index (χ2n) is 13.1. The van der Waals surface area contributed by atoms with Crippen molar-refractivity contribution in [2.45, 2.75) is 47.0 Å². The van der Waals surface area contributed by atoms with Crippen LogP contribution in [-0.4, -0.2) is 34.3 Å². The van der Waals surface area contributed by atoms with Crippen LogP contribution >= 0.6 is 0 Å². The zero-order valence-corrected chi connectivity index (χ0v) is 23.4. The third-order valence-corrected chi connectivity index (χ3v) is 8.63. The number of allylic oxidation sites excluding steroid dienone is 10. The molecule has 4 aliphatic carbocycles. The van der Waals surface area contributed by atoms with Gasteiger partial charge in [0.1, 0.15) is 0 Å². The number of rotatable bonds is 2. The Kier molecular flexibility index (Phi) is 5.64. The SMILES string of the molecule is CC(C)(C)C1=CC=C2C(=Cc3cc(C(C)(C)C)ccc32)C12C(B(O)O)=CC=C1C2=Cc2cc(B(O)O)ccc21. The molecule has 1 unspecified atom stereocenters. The fourth-order valence-corrected chi connectivity index (χ4v) is 6.82. The van der Waals surface area contributed by atoms with Crippen LogP contribution in [0, 0.1) is 10.8 Å². The van der Waals surface area contributed by atoms with Gasteiger partial charge in [0, 0.05) is 0 Å². The van der Waals surface area contributed by atoms with Gasteiger partial charge in [-0.1, -0.05) is 102 Å². The summed E-state index contributed by atoms with van der Waals surface area (Å²) < 4.78 is 0. The molecule has 0 saturated carbocycles. The highest BCUT2D eigenvalue weighted by molar-refractivity contribution is 6.58. The average Bonchev–Trinajstić information content (AvgIpc) is 3.41. The van der Waals surface area contributed by atoms with Crippen LogP contribution < -0.4 is 5.46 Å². The van der Waals surface area contributed by atoms with Crippen LogP contribution in [0.1, 0.15) is 69.4 Å². The fraction of sp³-hybridized carbons (Fsp3) is 0.273. The van der Waals surface area contributed by atoms with Crippen LogP contribution in [0.25, 0.3) is 23.3 Å². The molecular formula is C33H34B2O4. The Hall–Kier alpha value is -3.15. The Morgan fingerprint density at radius 1 is 0.615 bits per heavy atom. The summed E-state index contributed by atoms with van der Waals surface area (Å²) in [6, 6.07) is 12.1. The van der Waals surface area contributed by atoms with Crippen molar-refractivity contribution in [2.75, 3.05) is 0 Å². The number of hydrogen-bond donors (Lipinski definition) is 4. The monoisotopic (exact) mass is 516 g/mol. The zero-order chi connectivity index (χ0) is 28.1. The highest BCUT2D eigenvalue weighted by Crippen LogP contribution is 2.66. The standard InChI is InChI=1S/C33H34B2O4/c1-31(2,3)21-7-9-23-19(15-21)17-27-25(23)11-13-29(32(4,5)6)33(27)28-18-20-16-22(34(36)37)8-10-24(20)26(28)12-14-30(33)35(38)39/h7-18,36-39H,1-6H3. The predicted octanol–water partition coefficient (Wildman–Crippen LogP) is 4.85. The van der Waals surface area contributed by atoms with Gasteiger partial charge >= 0.3 is 14.2 Å². The van der Waals surface area contributed by atoms with Gasteiger partial charge in [-0.3, -0.25) is 0 Å². The van der Waals surface area contributed by atoms with Gasteiger partial charge in [0.2, 0.25) is 0 Å². The smallest absolute Gasteiger partial charge is 0.423 e. The molecule has 6 heteroatoms. The van der Waals surface area contributed by atoms with Crippen LogP contribution in [-0.2, 0) is 5.41 Å². The molecule has 6 rings (SSSR count). The lowest BCUT2D eigenvalue weighted by Crippen LogP contribution is -2.43. The summed E-state index contributed by atoms with van der Waals surface area (Å²) in [5.74, 6) is 0. The van der Waals surface area contributed by atoms with E-state index in [1.165, 1.54) is 5.56 Å². The van der Waals surface area contributed by atoms with E-state index in [2.05, 4.69) is 84.0 Å². The molecule has 0 aliphatic heterocycles. The van der Waals surface area contributed by atoms with Gasteiger partial charge in [0.05, 0.1) is 5.41 Å². The molecule has 0 radical (unpaired) electrons. The molecule has 0 amide bonds.